The van der Waals surface area contributed by atoms with Gasteiger partial charge < -0.3 is 14.1 Å². The van der Waals surface area contributed by atoms with Crippen LogP contribution in [0.3, 0.4) is 0 Å². The standard InChI is InChI=1S/C22H29NO3/c1-6-25-20-12-21-19(16(4)17(5)26-21)11-18(20)15(3)10-22(24)23-9-7-8-14(2)13-23/h10-12,14H,6-9,13H2,1-5H3/b15-10+. The van der Waals surface area contributed by atoms with Gasteiger partial charge in [-0.1, -0.05) is 6.92 Å². The molecule has 140 valence electrons. The Hall–Kier alpha value is -2.23. The number of benzene rings is 1. The van der Waals surface area contributed by atoms with Crippen LogP contribution in [0.2, 0.25) is 0 Å². The van der Waals surface area contributed by atoms with Gasteiger partial charge >= 0.3 is 0 Å². The van der Waals surface area contributed by atoms with Crippen LogP contribution in [0.25, 0.3) is 16.5 Å². The van der Waals surface area contributed by atoms with Crippen LogP contribution in [0.1, 0.15) is 50.5 Å². The SMILES string of the molecule is CCOc1cc2oc(C)c(C)c2cc1/C(C)=C/C(=O)N1CCCC(C)C1. The molecule has 4 nitrogen and oxygen atoms in total. The molecule has 0 bridgehead atoms. The number of ether oxygens (including phenoxy) is 1. The maximum atomic E-state index is 12.7. The molecule has 26 heavy (non-hydrogen) atoms. The number of piperidine rings is 1. The highest BCUT2D eigenvalue weighted by atomic mass is 16.5. The lowest BCUT2D eigenvalue weighted by atomic mass is 9.99. The quantitative estimate of drug-likeness (QED) is 0.716. The van der Waals surface area contributed by atoms with Crippen molar-refractivity contribution in [3.63, 3.8) is 0 Å². The van der Waals surface area contributed by atoms with Crippen LogP contribution >= 0.6 is 0 Å². The molecule has 1 amide bonds. The number of hydrogen-bond donors (Lipinski definition) is 0. The number of fused-ring (bicyclic) bond motifs is 1. The van der Waals surface area contributed by atoms with Crippen molar-refractivity contribution in [2.45, 2.75) is 47.5 Å². The van der Waals surface area contributed by atoms with E-state index in [1.165, 1.54) is 6.42 Å². The topological polar surface area (TPSA) is 42.7 Å². The Labute approximate surface area is 155 Å². The Morgan fingerprint density at radius 1 is 1.38 bits per heavy atom. The normalized spacial score (nSPS) is 18.4. The second-order valence-electron chi connectivity index (χ2n) is 7.42. The summed E-state index contributed by atoms with van der Waals surface area (Å²) in [6, 6.07) is 4.03. The van der Waals surface area contributed by atoms with Gasteiger partial charge in [0.2, 0.25) is 5.91 Å². The van der Waals surface area contributed by atoms with E-state index in [2.05, 4.69) is 19.9 Å². The molecule has 4 heteroatoms. The molecule has 1 unspecified atom stereocenters. The van der Waals surface area contributed by atoms with Gasteiger partial charge in [-0.3, -0.25) is 4.79 Å². The number of carbonyl (C=O) groups excluding carboxylic acids is 1. The van der Waals surface area contributed by atoms with Crippen molar-refractivity contribution in [2.24, 2.45) is 5.92 Å². The summed E-state index contributed by atoms with van der Waals surface area (Å²) in [5.74, 6) is 2.35. The molecule has 1 aromatic heterocycles. The van der Waals surface area contributed by atoms with Crippen LogP contribution in [0, 0.1) is 19.8 Å². The van der Waals surface area contributed by atoms with Crippen molar-refractivity contribution < 1.29 is 13.9 Å². The van der Waals surface area contributed by atoms with E-state index in [0.29, 0.717) is 12.5 Å². The van der Waals surface area contributed by atoms with E-state index in [9.17, 15) is 4.79 Å². The second kappa shape index (κ2) is 7.56. The van der Waals surface area contributed by atoms with Crippen molar-refractivity contribution in [1.82, 2.24) is 4.90 Å². The van der Waals surface area contributed by atoms with E-state index in [4.69, 9.17) is 9.15 Å². The third-order valence-electron chi connectivity index (χ3n) is 5.31. The molecule has 0 radical (unpaired) electrons. The summed E-state index contributed by atoms with van der Waals surface area (Å²) in [7, 11) is 0. The number of amides is 1. The Morgan fingerprint density at radius 2 is 2.15 bits per heavy atom. The van der Waals surface area contributed by atoms with Gasteiger partial charge in [0.15, 0.2) is 0 Å². The third kappa shape index (κ3) is 3.64. The van der Waals surface area contributed by atoms with Gasteiger partial charge in [0.25, 0.3) is 0 Å². The highest BCUT2D eigenvalue weighted by molar-refractivity contribution is 5.97. The van der Waals surface area contributed by atoms with Crippen molar-refractivity contribution in [1.29, 1.82) is 0 Å². The van der Waals surface area contributed by atoms with Crippen molar-refractivity contribution >= 4 is 22.4 Å². The van der Waals surface area contributed by atoms with Crippen LogP contribution in [0.4, 0.5) is 0 Å². The zero-order valence-corrected chi connectivity index (χ0v) is 16.5. The average molecular weight is 355 g/mol. The average Bonchev–Trinajstić information content (AvgIpc) is 2.88. The summed E-state index contributed by atoms with van der Waals surface area (Å²) >= 11 is 0. The van der Waals surface area contributed by atoms with Gasteiger partial charge in [0.1, 0.15) is 17.1 Å². The Kier molecular flexibility index (Phi) is 5.40. The van der Waals surface area contributed by atoms with E-state index in [0.717, 1.165) is 58.7 Å². The molecule has 1 aliphatic rings. The molecule has 2 aromatic rings. The van der Waals surface area contributed by atoms with Gasteiger partial charge in [-0.25, -0.2) is 0 Å². The van der Waals surface area contributed by atoms with Gasteiger partial charge in [-0.2, -0.15) is 0 Å². The summed E-state index contributed by atoms with van der Waals surface area (Å²) in [5.41, 5.74) is 3.85. The summed E-state index contributed by atoms with van der Waals surface area (Å²) < 4.78 is 11.7. The molecule has 0 spiro atoms. The van der Waals surface area contributed by atoms with Crippen LogP contribution < -0.4 is 4.74 Å². The first-order chi connectivity index (χ1) is 12.4. The Bertz CT molecular complexity index is 847. The lowest BCUT2D eigenvalue weighted by Gasteiger charge is -2.30. The van der Waals surface area contributed by atoms with E-state index in [1.54, 1.807) is 6.08 Å². The number of nitrogens with zero attached hydrogens (tertiary/aromatic N) is 1. The van der Waals surface area contributed by atoms with Gasteiger partial charge in [-0.15, -0.1) is 0 Å². The van der Waals surface area contributed by atoms with Gasteiger partial charge in [0, 0.05) is 36.2 Å². The number of carbonyl (C=O) groups is 1. The largest absolute Gasteiger partial charge is 0.493 e. The molecule has 0 N–H and O–H groups in total. The summed E-state index contributed by atoms with van der Waals surface area (Å²) in [4.78, 5) is 14.7. The minimum absolute atomic E-state index is 0.0942. The van der Waals surface area contributed by atoms with Crippen LogP contribution in [-0.2, 0) is 4.79 Å². The first-order valence-corrected chi connectivity index (χ1v) is 9.54. The fourth-order valence-electron chi connectivity index (χ4n) is 3.70. The fourth-order valence-corrected chi connectivity index (χ4v) is 3.70. The zero-order chi connectivity index (χ0) is 18.8. The molecule has 1 fully saturated rings. The molecular weight excluding hydrogens is 326 g/mol. The van der Waals surface area contributed by atoms with Crippen LogP contribution in [-0.4, -0.2) is 30.5 Å². The predicted octanol–water partition coefficient (Wildman–Crippen LogP) is 5.11. The molecule has 1 saturated heterocycles. The maximum absolute atomic E-state index is 12.7. The summed E-state index contributed by atoms with van der Waals surface area (Å²) in [5, 5.41) is 1.08. The maximum Gasteiger partial charge on any atom is 0.246 e. The third-order valence-corrected chi connectivity index (χ3v) is 5.31. The molecule has 3 rings (SSSR count). The van der Waals surface area contributed by atoms with E-state index in [1.807, 2.05) is 31.7 Å². The highest BCUT2D eigenvalue weighted by Crippen LogP contribution is 2.35. The Morgan fingerprint density at radius 3 is 2.85 bits per heavy atom. The monoisotopic (exact) mass is 355 g/mol. The fraction of sp³-hybridized carbons (Fsp3) is 0.500. The van der Waals surface area contributed by atoms with Crippen LogP contribution in [0.5, 0.6) is 5.75 Å². The highest BCUT2D eigenvalue weighted by Gasteiger charge is 2.20. The minimum Gasteiger partial charge on any atom is -0.493 e. The lowest BCUT2D eigenvalue weighted by molar-refractivity contribution is -0.127. The molecule has 0 aliphatic carbocycles. The van der Waals surface area contributed by atoms with E-state index >= 15 is 0 Å². The predicted molar refractivity (Wildman–Crippen MR) is 105 cm³/mol. The van der Waals surface area contributed by atoms with Crippen LogP contribution in [0.15, 0.2) is 22.6 Å². The molecule has 1 aromatic carbocycles. The molecule has 1 atom stereocenters. The number of rotatable bonds is 4. The first-order valence-electron chi connectivity index (χ1n) is 9.54. The van der Waals surface area contributed by atoms with Crippen molar-refractivity contribution in [3.05, 3.63) is 35.1 Å². The van der Waals surface area contributed by atoms with Gasteiger partial charge in [0.05, 0.1) is 6.61 Å². The minimum atomic E-state index is 0.0942. The number of aryl methyl sites for hydroxylation is 2. The summed E-state index contributed by atoms with van der Waals surface area (Å²) in [6.45, 7) is 12.5. The number of hydrogen-bond acceptors (Lipinski definition) is 3. The first kappa shape index (κ1) is 18.6. The lowest BCUT2D eigenvalue weighted by Crippen LogP contribution is -2.38. The summed E-state index contributed by atoms with van der Waals surface area (Å²) in [6.07, 6.45) is 4.05. The molecule has 0 saturated carbocycles. The number of likely N-dealkylation sites (tertiary alicyclic amines) is 1. The van der Waals surface area contributed by atoms with Gasteiger partial charge in [-0.05, 0) is 63.7 Å². The zero-order valence-electron chi connectivity index (χ0n) is 16.5. The Balaban J connectivity index is 1.97. The second-order valence-corrected chi connectivity index (χ2v) is 7.42. The molecular formula is C22H29NO3. The van der Waals surface area contributed by atoms with E-state index in [-0.39, 0.29) is 5.91 Å². The number of furan rings is 1. The van der Waals surface area contributed by atoms with E-state index < -0.39 is 0 Å². The van der Waals surface area contributed by atoms with Crippen molar-refractivity contribution in [2.75, 3.05) is 19.7 Å². The smallest absolute Gasteiger partial charge is 0.246 e. The molecule has 1 aliphatic heterocycles. The molecule has 2 heterocycles. The van der Waals surface area contributed by atoms with Crippen molar-refractivity contribution in [3.8, 4) is 5.75 Å². The number of allylic oxidation sites excluding steroid dienone is 1.